The summed E-state index contributed by atoms with van der Waals surface area (Å²) in [5.74, 6) is 0. The van der Waals surface area contributed by atoms with Gasteiger partial charge in [0.25, 0.3) is 0 Å². The monoisotopic (exact) mass is 123 g/mol. The van der Waals surface area contributed by atoms with Gasteiger partial charge in [-0.1, -0.05) is 6.08 Å². The van der Waals surface area contributed by atoms with Crippen molar-refractivity contribution in [1.29, 1.82) is 0 Å². The highest BCUT2D eigenvalue weighted by Crippen LogP contribution is 1.49. The van der Waals surface area contributed by atoms with E-state index in [1.807, 2.05) is 6.92 Å². The van der Waals surface area contributed by atoms with E-state index < -0.39 is 0 Å². The number of hydrogen-bond donors (Lipinski definition) is 1. The van der Waals surface area contributed by atoms with Crippen LogP contribution in [0.15, 0.2) is 12.7 Å². The number of rotatable bonds is 0. The Hall–Kier alpha value is 0.110. The third kappa shape index (κ3) is 3290. The highest BCUT2D eigenvalue weighted by molar-refractivity contribution is 8.51. The van der Waals surface area contributed by atoms with Crippen molar-refractivity contribution < 1.29 is 4.21 Å². The number of hydrogen-bond acceptors (Lipinski definition) is 1. The van der Waals surface area contributed by atoms with Crippen molar-refractivity contribution in [2.75, 3.05) is 0 Å². The van der Waals surface area contributed by atoms with Gasteiger partial charge in [-0.05, 0) is 6.92 Å². The van der Waals surface area contributed by atoms with Crippen LogP contribution in [0, 0.1) is 0 Å². The average Bonchev–Trinajstić information content (AvgIpc) is 1.39. The molecule has 0 aromatic heterocycles. The molecule has 6 heavy (non-hydrogen) atoms. The maximum Gasteiger partial charge on any atom is 0.545 e. The minimum atomic E-state index is 0.194. The fourth-order valence-corrected chi connectivity index (χ4v) is 0. The second-order valence-corrected chi connectivity index (χ2v) is 1.08. The van der Waals surface area contributed by atoms with Crippen LogP contribution in [0.5, 0.6) is 0 Å². The summed E-state index contributed by atoms with van der Waals surface area (Å²) >= 11 is 3.15. The zero-order chi connectivity index (χ0) is 5.41. The Kier molecular flexibility index (Phi) is 30.5. The van der Waals surface area contributed by atoms with E-state index in [1.54, 1.807) is 6.08 Å². The van der Waals surface area contributed by atoms with Crippen molar-refractivity contribution in [2.45, 2.75) is 6.92 Å². The summed E-state index contributed by atoms with van der Waals surface area (Å²) < 4.78 is 8.71. The zero-order valence-electron chi connectivity index (χ0n) is 3.55. The van der Waals surface area contributed by atoms with Crippen LogP contribution in [0.25, 0.3) is 0 Å². The van der Waals surface area contributed by atoms with E-state index in [0.29, 0.717) is 0 Å². The summed E-state index contributed by atoms with van der Waals surface area (Å²) in [5, 5.41) is 0. The molecular weight excluding hydrogens is 116 g/mol. The molecule has 0 saturated heterocycles. The van der Waals surface area contributed by atoms with Gasteiger partial charge in [-0.3, -0.25) is 0 Å². The summed E-state index contributed by atoms with van der Waals surface area (Å²) in [6.07, 6.45) is 1.75. The SMILES string of the molecule is C=CC.O=[S+]S. The van der Waals surface area contributed by atoms with Crippen molar-refractivity contribution in [3.8, 4) is 0 Å². The highest BCUT2D eigenvalue weighted by atomic mass is 33.1. The Morgan fingerprint density at radius 3 is 2.00 bits per heavy atom. The van der Waals surface area contributed by atoms with Gasteiger partial charge < -0.3 is 0 Å². The first kappa shape index (κ1) is 9.44. The number of thiol groups is 1. The van der Waals surface area contributed by atoms with Crippen molar-refractivity contribution in [2.24, 2.45) is 0 Å². The first-order chi connectivity index (χ1) is 2.83. The molecule has 0 amide bonds. The van der Waals surface area contributed by atoms with Gasteiger partial charge >= 0.3 is 10.7 Å². The largest absolute Gasteiger partial charge is 0.545 e. The average molecular weight is 123 g/mol. The number of allylic oxidation sites excluding steroid dienone is 1. The molecule has 0 aromatic carbocycles. The first-order valence-corrected chi connectivity index (χ1v) is 3.13. The molecule has 0 rings (SSSR count). The van der Waals surface area contributed by atoms with E-state index in [2.05, 4.69) is 18.2 Å². The molecular formula is C3H7OS2+. The molecule has 0 unspecified atom stereocenters. The van der Waals surface area contributed by atoms with E-state index in [1.165, 1.54) is 0 Å². The summed E-state index contributed by atoms with van der Waals surface area (Å²) in [7, 11) is 0.194. The first-order valence-electron chi connectivity index (χ1n) is 1.33. The Morgan fingerprint density at radius 2 is 2.00 bits per heavy atom. The standard InChI is InChI=1S/C3H6.OS2/c2*1-3-2/h3H,1H2,2H3;/p+1. The van der Waals surface area contributed by atoms with E-state index in [4.69, 9.17) is 4.21 Å². The van der Waals surface area contributed by atoms with Gasteiger partial charge in [0, 0.05) is 0 Å². The van der Waals surface area contributed by atoms with E-state index in [9.17, 15) is 0 Å². The lowest BCUT2D eigenvalue weighted by Gasteiger charge is -1.31. The van der Waals surface area contributed by atoms with Crippen LogP contribution >= 0.6 is 11.7 Å². The van der Waals surface area contributed by atoms with Gasteiger partial charge in [0.1, 0.15) is 0 Å². The Balaban J connectivity index is 0. The molecule has 0 aliphatic heterocycles. The van der Waals surface area contributed by atoms with Gasteiger partial charge in [-0.2, -0.15) is 0 Å². The molecule has 1 nitrogen and oxygen atoms in total. The molecule has 3 heteroatoms. The molecule has 36 valence electrons. The van der Waals surface area contributed by atoms with Gasteiger partial charge in [-0.15, -0.1) is 6.58 Å². The van der Waals surface area contributed by atoms with Crippen LogP contribution in [-0.4, -0.2) is 0 Å². The van der Waals surface area contributed by atoms with Gasteiger partial charge in [0.05, 0.1) is 4.21 Å². The molecule has 0 aliphatic carbocycles. The maximum absolute atomic E-state index is 8.71. The van der Waals surface area contributed by atoms with Crippen LogP contribution in [0.4, 0.5) is 0 Å². The van der Waals surface area contributed by atoms with Gasteiger partial charge in [0.15, 0.2) is 0 Å². The van der Waals surface area contributed by atoms with Crippen molar-refractivity contribution >= 4 is 22.4 Å². The quantitative estimate of drug-likeness (QED) is 0.223. The molecule has 0 bridgehead atoms. The van der Waals surface area contributed by atoms with E-state index in [-0.39, 0.29) is 10.7 Å². The third-order valence-corrected chi connectivity index (χ3v) is 0. The second kappa shape index (κ2) is 19.4. The predicted octanol–water partition coefficient (Wildman–Crippen LogP) is 1.45. The molecule has 0 heterocycles. The molecule has 0 atom stereocenters. The second-order valence-electron chi connectivity index (χ2n) is 0.483. The predicted molar refractivity (Wildman–Crippen MR) is 32.9 cm³/mol. The Bertz CT molecular complexity index is 29.8. The minimum Gasteiger partial charge on any atom is -0.103 e. The normalized spacial score (nSPS) is 4.33. The van der Waals surface area contributed by atoms with Crippen LogP contribution in [0.2, 0.25) is 0 Å². The van der Waals surface area contributed by atoms with Crippen LogP contribution in [0.1, 0.15) is 6.92 Å². The summed E-state index contributed by atoms with van der Waals surface area (Å²) in [6.45, 7) is 5.25. The van der Waals surface area contributed by atoms with Crippen LogP contribution in [0.3, 0.4) is 0 Å². The van der Waals surface area contributed by atoms with Crippen LogP contribution < -0.4 is 0 Å². The van der Waals surface area contributed by atoms with Gasteiger partial charge in [-0.25, -0.2) is 0 Å². The zero-order valence-corrected chi connectivity index (χ0v) is 5.26. The topological polar surface area (TPSA) is 17.1 Å². The minimum absolute atomic E-state index is 0.194. The van der Waals surface area contributed by atoms with Crippen LogP contribution in [-0.2, 0) is 14.9 Å². The summed E-state index contributed by atoms with van der Waals surface area (Å²) in [6, 6.07) is 0. The fraction of sp³-hybridized carbons (Fsp3) is 0.333. The third-order valence-electron chi connectivity index (χ3n) is 0. The Morgan fingerprint density at radius 1 is 2.00 bits per heavy atom. The molecule has 0 saturated carbocycles. The maximum atomic E-state index is 8.71. The smallest absolute Gasteiger partial charge is 0.103 e. The van der Waals surface area contributed by atoms with Gasteiger partial charge in [0.2, 0.25) is 11.7 Å². The molecule has 0 radical (unpaired) electrons. The Labute approximate surface area is 46.7 Å². The van der Waals surface area contributed by atoms with E-state index >= 15 is 0 Å². The summed E-state index contributed by atoms with van der Waals surface area (Å²) in [4.78, 5) is 0. The summed E-state index contributed by atoms with van der Waals surface area (Å²) in [5.41, 5.74) is 0. The lowest BCUT2D eigenvalue weighted by Crippen LogP contribution is -1.09. The van der Waals surface area contributed by atoms with E-state index in [0.717, 1.165) is 0 Å². The molecule has 0 aromatic rings. The molecule has 0 spiro atoms. The fourth-order valence-electron chi connectivity index (χ4n) is 0. The molecule has 0 fully saturated rings. The lowest BCUT2D eigenvalue weighted by molar-refractivity contribution is 0.611. The van der Waals surface area contributed by atoms with Crippen molar-refractivity contribution in [3.05, 3.63) is 12.7 Å². The lowest BCUT2D eigenvalue weighted by atomic mass is 10.8. The van der Waals surface area contributed by atoms with Crippen molar-refractivity contribution in [3.63, 3.8) is 0 Å². The molecule has 0 aliphatic rings. The van der Waals surface area contributed by atoms with Crippen molar-refractivity contribution in [1.82, 2.24) is 0 Å². The highest BCUT2D eigenvalue weighted by Gasteiger charge is 1.60. The molecule has 0 N–H and O–H groups in total.